The smallest absolute Gasteiger partial charge is 0.225 e. The van der Waals surface area contributed by atoms with E-state index in [2.05, 4.69) is 70.0 Å². The van der Waals surface area contributed by atoms with Gasteiger partial charge in [0, 0.05) is 36.1 Å². The fourth-order valence-corrected chi connectivity index (χ4v) is 4.65. The number of aryl methyl sites for hydroxylation is 2. The molecule has 0 fully saturated rings. The van der Waals surface area contributed by atoms with Crippen LogP contribution in [0.4, 0.5) is 5.82 Å². The molecule has 0 N–H and O–H groups in total. The molecule has 0 aliphatic heterocycles. The first-order valence-corrected chi connectivity index (χ1v) is 10.1. The van der Waals surface area contributed by atoms with E-state index in [0.717, 1.165) is 40.4 Å². The van der Waals surface area contributed by atoms with Crippen LogP contribution in [0.3, 0.4) is 0 Å². The van der Waals surface area contributed by atoms with Crippen molar-refractivity contribution >= 4 is 17.4 Å². The van der Waals surface area contributed by atoms with Crippen LogP contribution in [0.2, 0.25) is 0 Å². The molecule has 5 nitrogen and oxygen atoms in total. The second-order valence-electron chi connectivity index (χ2n) is 9.80. The highest BCUT2D eigenvalue weighted by atomic mass is 16.2. The van der Waals surface area contributed by atoms with Gasteiger partial charge in [-0.05, 0) is 69.4 Å². The van der Waals surface area contributed by atoms with E-state index in [9.17, 15) is 4.79 Å². The van der Waals surface area contributed by atoms with Gasteiger partial charge in [0.25, 0.3) is 0 Å². The number of carbonyl (C=O) groups is 1. The number of hydrogen-bond acceptors (Lipinski definition) is 3. The topological polar surface area (TPSA) is 50.5 Å². The average Bonchev–Trinajstić information content (AvgIpc) is 2.91. The molecule has 3 heterocycles. The molecule has 5 heteroatoms. The van der Waals surface area contributed by atoms with Crippen molar-refractivity contribution in [3.05, 3.63) is 47.9 Å². The molecule has 3 rings (SSSR count). The zero-order valence-electron chi connectivity index (χ0n) is 18.9. The molecule has 154 valence electrons. The van der Waals surface area contributed by atoms with E-state index in [0.29, 0.717) is 0 Å². The lowest BCUT2D eigenvalue weighted by Crippen LogP contribution is -2.50. The first-order chi connectivity index (χ1) is 13.4. The molecule has 29 heavy (non-hydrogen) atoms. The summed E-state index contributed by atoms with van der Waals surface area (Å²) in [6.45, 7) is 16.7. The Labute approximate surface area is 173 Å². The fourth-order valence-electron chi connectivity index (χ4n) is 4.65. The Morgan fingerprint density at radius 2 is 1.83 bits per heavy atom. The summed E-state index contributed by atoms with van der Waals surface area (Å²) in [7, 11) is 0. The summed E-state index contributed by atoms with van der Waals surface area (Å²) in [4.78, 5) is 24.2. The summed E-state index contributed by atoms with van der Waals surface area (Å²) in [5, 5.41) is 0. The van der Waals surface area contributed by atoms with Crippen LogP contribution in [0.1, 0.15) is 59.2 Å². The van der Waals surface area contributed by atoms with Crippen LogP contribution < -0.4 is 4.90 Å². The maximum absolute atomic E-state index is 13.0. The summed E-state index contributed by atoms with van der Waals surface area (Å²) in [6, 6.07) is 8.08. The van der Waals surface area contributed by atoms with Gasteiger partial charge in [0.2, 0.25) is 5.91 Å². The monoisotopic (exact) mass is 392 g/mol. The summed E-state index contributed by atoms with van der Waals surface area (Å²) >= 11 is 0. The van der Waals surface area contributed by atoms with Gasteiger partial charge in [0.15, 0.2) is 0 Å². The lowest BCUT2D eigenvalue weighted by Gasteiger charge is -2.42. The van der Waals surface area contributed by atoms with Crippen LogP contribution in [0.5, 0.6) is 0 Å². The molecule has 0 atom stereocenters. The van der Waals surface area contributed by atoms with E-state index >= 15 is 0 Å². The first kappa shape index (κ1) is 21.0. The molecule has 0 aliphatic rings. The van der Waals surface area contributed by atoms with Crippen molar-refractivity contribution in [1.29, 1.82) is 0 Å². The predicted molar refractivity (Wildman–Crippen MR) is 119 cm³/mol. The van der Waals surface area contributed by atoms with E-state index < -0.39 is 5.54 Å². The molecule has 0 saturated carbocycles. The maximum Gasteiger partial charge on any atom is 0.225 e. The number of rotatable bonds is 4. The van der Waals surface area contributed by atoms with Crippen LogP contribution in [0, 0.1) is 19.3 Å². The van der Waals surface area contributed by atoms with E-state index in [1.54, 1.807) is 13.1 Å². The summed E-state index contributed by atoms with van der Waals surface area (Å²) in [5.74, 6) is 0.818. The van der Waals surface area contributed by atoms with Crippen LogP contribution in [-0.4, -0.2) is 25.8 Å². The quantitative estimate of drug-likeness (QED) is 0.582. The third-order valence-corrected chi connectivity index (χ3v) is 5.06. The zero-order valence-corrected chi connectivity index (χ0v) is 18.9. The van der Waals surface area contributed by atoms with Crippen molar-refractivity contribution in [1.82, 2.24) is 14.4 Å². The predicted octanol–water partition coefficient (Wildman–Crippen LogP) is 5.58. The van der Waals surface area contributed by atoms with Gasteiger partial charge in [0.1, 0.15) is 17.2 Å². The van der Waals surface area contributed by atoms with Gasteiger partial charge in [0.05, 0.1) is 0 Å². The van der Waals surface area contributed by atoms with E-state index in [4.69, 9.17) is 4.98 Å². The van der Waals surface area contributed by atoms with Crippen LogP contribution in [-0.2, 0) is 4.79 Å². The Hall–Kier alpha value is -2.69. The lowest BCUT2D eigenvalue weighted by molar-refractivity contribution is -0.117. The Kier molecular flexibility index (Phi) is 5.28. The minimum atomic E-state index is -0.395. The molecule has 1 amide bonds. The molecule has 0 spiro atoms. The lowest BCUT2D eigenvalue weighted by atomic mass is 9.80. The SMILES string of the molecule is CC(=O)N(c1c(-c2cccnc2)nc2cc(C)cc(C)n12)C(C)(C)CC(C)(C)C. The molecule has 3 aromatic heterocycles. The number of fused-ring (bicyclic) bond motifs is 1. The summed E-state index contributed by atoms with van der Waals surface area (Å²) < 4.78 is 2.10. The number of carbonyl (C=O) groups excluding carboxylic acids is 1. The third-order valence-electron chi connectivity index (χ3n) is 5.06. The largest absolute Gasteiger partial charge is 0.291 e. The molecule has 0 aromatic carbocycles. The molecular formula is C24H32N4O. The van der Waals surface area contributed by atoms with Crippen molar-refractivity contribution in [2.45, 2.75) is 67.3 Å². The third kappa shape index (κ3) is 4.19. The van der Waals surface area contributed by atoms with Crippen molar-refractivity contribution in [2.75, 3.05) is 4.90 Å². The summed E-state index contributed by atoms with van der Waals surface area (Å²) in [5.41, 5.74) is 4.40. The Morgan fingerprint density at radius 3 is 2.38 bits per heavy atom. The molecular weight excluding hydrogens is 360 g/mol. The number of hydrogen-bond donors (Lipinski definition) is 0. The number of amides is 1. The van der Waals surface area contributed by atoms with Crippen molar-refractivity contribution in [3.8, 4) is 11.3 Å². The van der Waals surface area contributed by atoms with Gasteiger partial charge in [-0.25, -0.2) is 4.98 Å². The van der Waals surface area contributed by atoms with Crippen molar-refractivity contribution < 1.29 is 4.79 Å². The Balaban J connectivity index is 2.37. The van der Waals surface area contributed by atoms with Crippen LogP contribution >= 0.6 is 0 Å². The highest BCUT2D eigenvalue weighted by molar-refractivity contribution is 5.97. The minimum absolute atomic E-state index is 0.00571. The van der Waals surface area contributed by atoms with Gasteiger partial charge in [-0.3, -0.25) is 19.1 Å². The number of pyridine rings is 2. The highest BCUT2D eigenvalue weighted by Gasteiger charge is 2.38. The van der Waals surface area contributed by atoms with E-state index in [1.165, 1.54) is 0 Å². The van der Waals surface area contributed by atoms with Gasteiger partial charge in [-0.2, -0.15) is 0 Å². The van der Waals surface area contributed by atoms with Gasteiger partial charge >= 0.3 is 0 Å². The molecule has 0 radical (unpaired) electrons. The van der Waals surface area contributed by atoms with Crippen molar-refractivity contribution in [3.63, 3.8) is 0 Å². The average molecular weight is 393 g/mol. The second-order valence-corrected chi connectivity index (χ2v) is 9.80. The number of aromatic nitrogens is 3. The number of imidazole rings is 1. The Bertz CT molecular complexity index is 1040. The fraction of sp³-hybridized carbons (Fsp3) is 0.458. The molecule has 3 aromatic rings. The number of anilines is 1. The van der Waals surface area contributed by atoms with Gasteiger partial charge in [-0.15, -0.1) is 0 Å². The maximum atomic E-state index is 13.0. The molecule has 0 saturated heterocycles. The number of nitrogens with zero attached hydrogens (tertiary/aromatic N) is 4. The zero-order chi connectivity index (χ0) is 21.6. The molecule has 0 aliphatic carbocycles. The normalized spacial score (nSPS) is 12.4. The minimum Gasteiger partial charge on any atom is -0.291 e. The highest BCUT2D eigenvalue weighted by Crippen LogP contribution is 2.40. The summed E-state index contributed by atoms with van der Waals surface area (Å²) in [6.07, 6.45) is 4.41. The second kappa shape index (κ2) is 7.29. The van der Waals surface area contributed by atoms with E-state index in [-0.39, 0.29) is 11.3 Å². The van der Waals surface area contributed by atoms with Crippen LogP contribution in [0.15, 0.2) is 36.7 Å². The van der Waals surface area contributed by atoms with Crippen molar-refractivity contribution in [2.24, 2.45) is 5.41 Å². The molecule has 0 bridgehead atoms. The molecule has 0 unspecified atom stereocenters. The standard InChI is InChI=1S/C24H32N4O/c1-16-12-17(2)27-20(13-16)26-21(19-10-9-11-25-14-19)22(27)28(18(3)29)24(7,8)15-23(4,5)6/h9-14H,15H2,1-8H3. The van der Waals surface area contributed by atoms with Gasteiger partial charge < -0.3 is 0 Å². The van der Waals surface area contributed by atoms with E-state index in [1.807, 2.05) is 23.2 Å². The van der Waals surface area contributed by atoms with Gasteiger partial charge in [-0.1, -0.05) is 20.8 Å². The Morgan fingerprint density at radius 1 is 1.14 bits per heavy atom. The van der Waals surface area contributed by atoms with Crippen LogP contribution in [0.25, 0.3) is 16.9 Å². The first-order valence-electron chi connectivity index (χ1n) is 10.1.